The molecule has 0 amide bonds. The molecule has 0 fully saturated rings. The van der Waals surface area contributed by atoms with E-state index in [1.165, 1.54) is 5.56 Å². The first-order chi connectivity index (χ1) is 7.54. The summed E-state index contributed by atoms with van der Waals surface area (Å²) >= 11 is 1.85. The number of pyridine rings is 1. The Kier molecular flexibility index (Phi) is 5.29. The molecule has 0 aliphatic rings. The third kappa shape index (κ3) is 3.80. The lowest BCUT2D eigenvalue weighted by molar-refractivity contribution is 0.639. The van der Waals surface area contributed by atoms with Crippen molar-refractivity contribution in [1.29, 1.82) is 0 Å². The Labute approximate surface area is 103 Å². The summed E-state index contributed by atoms with van der Waals surface area (Å²) in [6.07, 6.45) is 1.97. The highest BCUT2D eigenvalue weighted by atomic mass is 32.2. The Balaban J connectivity index is 2.64. The first kappa shape index (κ1) is 13.5. The summed E-state index contributed by atoms with van der Waals surface area (Å²) in [5, 5.41) is 4.94. The maximum atomic E-state index is 4.49. The van der Waals surface area contributed by atoms with Crippen LogP contribution in [0.3, 0.4) is 0 Å². The van der Waals surface area contributed by atoms with Crippen molar-refractivity contribution in [3.8, 4) is 0 Å². The maximum absolute atomic E-state index is 4.49. The summed E-state index contributed by atoms with van der Waals surface area (Å²) in [6, 6.07) is 4.64. The quantitative estimate of drug-likeness (QED) is 0.795. The SMILES string of the molecule is CNC(C)c1ccc(SC(C)C(C)C)nc1. The van der Waals surface area contributed by atoms with Gasteiger partial charge in [0.1, 0.15) is 0 Å². The Bertz CT molecular complexity index is 308. The highest BCUT2D eigenvalue weighted by molar-refractivity contribution is 7.99. The first-order valence-corrected chi connectivity index (χ1v) is 6.72. The van der Waals surface area contributed by atoms with Crippen molar-refractivity contribution in [2.24, 2.45) is 5.92 Å². The molecule has 2 atom stereocenters. The normalized spacial score (nSPS) is 15.1. The molecule has 1 rings (SSSR count). The van der Waals surface area contributed by atoms with Crippen molar-refractivity contribution in [1.82, 2.24) is 10.3 Å². The minimum absolute atomic E-state index is 0.370. The molecule has 1 aromatic rings. The number of nitrogens with one attached hydrogen (secondary N) is 1. The van der Waals surface area contributed by atoms with Gasteiger partial charge in [-0.2, -0.15) is 0 Å². The standard InChI is InChI=1S/C13H22N2S/c1-9(2)11(4)16-13-7-6-12(8-15-13)10(3)14-5/h6-11,14H,1-5H3. The van der Waals surface area contributed by atoms with E-state index in [2.05, 4.69) is 50.1 Å². The summed E-state index contributed by atoms with van der Waals surface area (Å²) < 4.78 is 0. The van der Waals surface area contributed by atoms with E-state index < -0.39 is 0 Å². The molecule has 2 nitrogen and oxygen atoms in total. The van der Waals surface area contributed by atoms with Crippen molar-refractivity contribution < 1.29 is 0 Å². The van der Waals surface area contributed by atoms with Gasteiger partial charge >= 0.3 is 0 Å². The number of hydrogen-bond donors (Lipinski definition) is 1. The zero-order valence-electron chi connectivity index (χ0n) is 10.8. The summed E-state index contributed by atoms with van der Waals surface area (Å²) in [6.45, 7) is 8.88. The Morgan fingerprint density at radius 1 is 1.19 bits per heavy atom. The fraction of sp³-hybridized carbons (Fsp3) is 0.615. The largest absolute Gasteiger partial charge is 0.313 e. The van der Waals surface area contributed by atoms with Gasteiger partial charge in [-0.05, 0) is 31.5 Å². The van der Waals surface area contributed by atoms with Crippen molar-refractivity contribution in [2.75, 3.05) is 7.05 Å². The summed E-state index contributed by atoms with van der Waals surface area (Å²) in [5.74, 6) is 0.683. The smallest absolute Gasteiger partial charge is 0.0962 e. The van der Waals surface area contributed by atoms with Crippen LogP contribution in [0, 0.1) is 5.92 Å². The van der Waals surface area contributed by atoms with Gasteiger partial charge in [0, 0.05) is 17.5 Å². The first-order valence-electron chi connectivity index (χ1n) is 5.84. The number of rotatable bonds is 5. The van der Waals surface area contributed by atoms with Gasteiger partial charge in [-0.3, -0.25) is 0 Å². The highest BCUT2D eigenvalue weighted by Crippen LogP contribution is 2.26. The van der Waals surface area contributed by atoms with E-state index in [1.807, 2.05) is 25.0 Å². The Morgan fingerprint density at radius 2 is 1.88 bits per heavy atom. The molecule has 2 unspecified atom stereocenters. The van der Waals surface area contributed by atoms with Gasteiger partial charge in [0.15, 0.2) is 0 Å². The average molecular weight is 238 g/mol. The second-order valence-corrected chi connectivity index (χ2v) is 5.90. The van der Waals surface area contributed by atoms with Crippen molar-refractivity contribution in [3.05, 3.63) is 23.9 Å². The minimum Gasteiger partial charge on any atom is -0.313 e. The van der Waals surface area contributed by atoms with Crippen LogP contribution in [0.4, 0.5) is 0 Å². The van der Waals surface area contributed by atoms with Gasteiger partial charge in [0.05, 0.1) is 5.03 Å². The zero-order chi connectivity index (χ0) is 12.1. The van der Waals surface area contributed by atoms with Gasteiger partial charge in [0.2, 0.25) is 0 Å². The molecule has 16 heavy (non-hydrogen) atoms. The summed E-state index contributed by atoms with van der Waals surface area (Å²) in [4.78, 5) is 4.49. The molecule has 90 valence electrons. The fourth-order valence-electron chi connectivity index (χ4n) is 1.21. The third-order valence-electron chi connectivity index (χ3n) is 2.94. The Hall–Kier alpha value is -0.540. The lowest BCUT2D eigenvalue weighted by atomic mass is 10.1. The van der Waals surface area contributed by atoms with E-state index in [-0.39, 0.29) is 0 Å². The van der Waals surface area contributed by atoms with Crippen molar-refractivity contribution >= 4 is 11.8 Å². The maximum Gasteiger partial charge on any atom is 0.0962 e. The predicted molar refractivity (Wildman–Crippen MR) is 71.9 cm³/mol. The van der Waals surface area contributed by atoms with E-state index in [4.69, 9.17) is 0 Å². The predicted octanol–water partition coefficient (Wildman–Crippen LogP) is 3.50. The van der Waals surface area contributed by atoms with Gasteiger partial charge in [-0.15, -0.1) is 11.8 Å². The average Bonchev–Trinajstić information content (AvgIpc) is 2.28. The lowest BCUT2D eigenvalue weighted by Gasteiger charge is -2.15. The van der Waals surface area contributed by atoms with E-state index in [9.17, 15) is 0 Å². The van der Waals surface area contributed by atoms with Crippen LogP contribution in [-0.2, 0) is 0 Å². The molecule has 0 aromatic carbocycles. The molecule has 0 spiro atoms. The molecule has 0 radical (unpaired) electrons. The van der Waals surface area contributed by atoms with Crippen LogP contribution in [0.5, 0.6) is 0 Å². The molecule has 0 bridgehead atoms. The van der Waals surface area contributed by atoms with E-state index in [1.54, 1.807) is 0 Å². The zero-order valence-corrected chi connectivity index (χ0v) is 11.6. The Morgan fingerprint density at radius 3 is 2.31 bits per heavy atom. The fourth-order valence-corrected chi connectivity index (χ4v) is 2.12. The van der Waals surface area contributed by atoms with Gasteiger partial charge in [-0.1, -0.05) is 26.8 Å². The number of nitrogens with zero attached hydrogens (tertiary/aromatic N) is 1. The summed E-state index contributed by atoms with van der Waals surface area (Å²) in [5.41, 5.74) is 1.24. The molecule has 0 aliphatic heterocycles. The topological polar surface area (TPSA) is 24.9 Å². The molecular weight excluding hydrogens is 216 g/mol. The monoisotopic (exact) mass is 238 g/mol. The van der Waals surface area contributed by atoms with Crippen LogP contribution in [0.25, 0.3) is 0 Å². The minimum atomic E-state index is 0.370. The van der Waals surface area contributed by atoms with Crippen molar-refractivity contribution in [2.45, 2.75) is 44.0 Å². The lowest BCUT2D eigenvalue weighted by Crippen LogP contribution is -2.12. The second kappa shape index (κ2) is 6.26. The number of thioether (sulfide) groups is 1. The summed E-state index contributed by atoms with van der Waals surface area (Å²) in [7, 11) is 1.97. The third-order valence-corrected chi connectivity index (χ3v) is 4.34. The highest BCUT2D eigenvalue weighted by Gasteiger charge is 2.10. The number of aromatic nitrogens is 1. The van der Waals surface area contributed by atoms with Gasteiger partial charge in [0.25, 0.3) is 0 Å². The molecule has 0 saturated carbocycles. The van der Waals surface area contributed by atoms with Gasteiger partial charge in [-0.25, -0.2) is 4.98 Å². The van der Waals surface area contributed by atoms with Crippen LogP contribution in [-0.4, -0.2) is 17.3 Å². The molecular formula is C13H22N2S. The second-order valence-electron chi connectivity index (χ2n) is 4.51. The van der Waals surface area contributed by atoms with Crippen LogP contribution in [0.15, 0.2) is 23.4 Å². The van der Waals surface area contributed by atoms with Gasteiger partial charge < -0.3 is 5.32 Å². The molecule has 1 heterocycles. The molecule has 0 saturated heterocycles. The van der Waals surface area contributed by atoms with E-state index in [0.717, 1.165) is 5.03 Å². The van der Waals surface area contributed by atoms with E-state index in [0.29, 0.717) is 17.2 Å². The molecule has 0 aliphatic carbocycles. The molecule has 3 heteroatoms. The van der Waals surface area contributed by atoms with Crippen LogP contribution >= 0.6 is 11.8 Å². The molecule has 1 aromatic heterocycles. The van der Waals surface area contributed by atoms with Crippen LogP contribution in [0.2, 0.25) is 0 Å². The van der Waals surface area contributed by atoms with Crippen LogP contribution < -0.4 is 5.32 Å². The molecule has 1 N–H and O–H groups in total. The van der Waals surface area contributed by atoms with Crippen molar-refractivity contribution in [3.63, 3.8) is 0 Å². The van der Waals surface area contributed by atoms with Crippen LogP contribution in [0.1, 0.15) is 39.3 Å². The number of hydrogen-bond acceptors (Lipinski definition) is 3. The van der Waals surface area contributed by atoms with E-state index >= 15 is 0 Å².